The highest BCUT2D eigenvalue weighted by Crippen LogP contribution is 2.48. The summed E-state index contributed by atoms with van der Waals surface area (Å²) < 4.78 is 38.2. The molecule has 18 rings (SSSR count). The number of pyridine rings is 2. The zero-order valence-corrected chi connectivity index (χ0v) is 63.9. The Morgan fingerprint density at radius 2 is 0.937 bits per heavy atom. The van der Waals surface area contributed by atoms with Gasteiger partial charge in [-0.15, -0.1) is 22.7 Å². The molecule has 8 aliphatic rings. The number of carboxylic acids is 1. The summed E-state index contributed by atoms with van der Waals surface area (Å²) in [6.45, 7) is 11.2. The lowest BCUT2D eigenvalue weighted by molar-refractivity contribution is -0.000665. The number of benzene rings is 6. The number of halogens is 2. The summed E-state index contributed by atoms with van der Waals surface area (Å²) >= 11 is 2.65. The zero-order chi connectivity index (χ0) is 76.7. The van der Waals surface area contributed by atoms with Crippen molar-refractivity contribution in [3.8, 4) is 20.9 Å². The Bertz CT molecular complexity index is 5240. The number of nitrogens with one attached hydrogen (secondary N) is 2. The second kappa shape index (κ2) is 31.5. The maximum absolute atomic E-state index is 14.6. The number of fused-ring (bicyclic) bond motifs is 8. The van der Waals surface area contributed by atoms with E-state index in [-0.39, 0.29) is 64.0 Å². The van der Waals surface area contributed by atoms with Gasteiger partial charge in [-0.1, -0.05) is 60.7 Å². The first-order valence-corrected chi connectivity index (χ1v) is 40.1. The number of thiophene rings is 2. The third kappa shape index (κ3) is 15.3. The van der Waals surface area contributed by atoms with Crippen LogP contribution in [0.3, 0.4) is 0 Å². The number of nitrogen functional groups attached to an aromatic ring is 1. The molecule has 5 N–H and O–H groups in total. The summed E-state index contributed by atoms with van der Waals surface area (Å²) in [6.07, 6.45) is 13.5. The number of anilines is 7. The van der Waals surface area contributed by atoms with Crippen molar-refractivity contribution in [2.45, 2.75) is 110 Å². The van der Waals surface area contributed by atoms with Crippen molar-refractivity contribution in [1.29, 1.82) is 0 Å². The molecule has 568 valence electrons. The molecular formula is C89H87F2N9O9S2. The molecular weight excluding hydrogens is 1440 g/mol. The molecule has 4 amide bonds. The first-order chi connectivity index (χ1) is 53.8. The highest BCUT2D eigenvalue weighted by atomic mass is 32.1. The fraction of sp³-hybridized carbons (Fsp3) is 0.326. The van der Waals surface area contributed by atoms with Crippen LogP contribution in [0.4, 0.5) is 48.9 Å². The summed E-state index contributed by atoms with van der Waals surface area (Å²) in [6, 6.07) is 46.9. The number of aromatic nitrogens is 2. The molecule has 4 fully saturated rings. The Balaban J connectivity index is 0.000000152. The van der Waals surface area contributed by atoms with E-state index < -0.39 is 5.97 Å². The number of nitrogens with zero attached hydrogens (tertiary/aromatic N) is 6. The van der Waals surface area contributed by atoms with Gasteiger partial charge in [-0.05, 0) is 240 Å². The van der Waals surface area contributed by atoms with E-state index in [1.807, 2.05) is 73.7 Å². The summed E-state index contributed by atoms with van der Waals surface area (Å²) in [7, 11) is 0. The number of carbonyl (C=O) groups is 6. The lowest BCUT2D eigenvalue weighted by Gasteiger charge is -2.53. The topological polar surface area (TPSA) is 230 Å². The van der Waals surface area contributed by atoms with Gasteiger partial charge in [0, 0.05) is 138 Å². The van der Waals surface area contributed by atoms with Crippen LogP contribution in [-0.4, -0.2) is 116 Å². The molecule has 18 nitrogen and oxygen atoms in total. The quantitative estimate of drug-likeness (QED) is 0.0659. The lowest BCUT2D eigenvalue weighted by Crippen LogP contribution is -2.59. The van der Waals surface area contributed by atoms with Crippen molar-refractivity contribution in [3.05, 3.63) is 252 Å². The Morgan fingerprint density at radius 3 is 1.39 bits per heavy atom. The van der Waals surface area contributed by atoms with Gasteiger partial charge < -0.3 is 50.5 Å². The third-order valence-electron chi connectivity index (χ3n) is 23.3. The number of nitrogens with two attached hydrogens (primary N) is 1. The molecule has 6 aliphatic heterocycles. The van der Waals surface area contributed by atoms with Crippen LogP contribution in [0.1, 0.15) is 162 Å². The number of para-hydroxylation sites is 3. The molecule has 22 heteroatoms. The standard InChI is InChI=1S/C45H43FN4O4S.C37H36N4O5S.C7H8FN/c1-28-7-6-10-36(46)34(28)25-39(51)40-24-31-17-20-50(38-12-5-3-9-33(38)41(31)55-40)44(53)29-13-15-32(16-14-29)47-43(52)35-23-30-8-2-4-11-37(30)48-42(35)49-26-45(27-49)18-21-54-22-19-45;42-34(28-19-24-5-1-3-7-29(24)39-33(28)40-21-37(22-40)14-17-46-18-15-37)38-26-11-9-23(10-12-26)35(43)41-16-13-25-20-31(36(44)45)47-32(25)27-6-2-4-8-30(27)41;1-5-3-2-4-6(8)7(5)9/h3,5-7,9-10,12-16,23-24H,2,4,8,11,17-22,25-27H2,1H3,(H,47,52);2,4,6,8-12,19-20H,1,3,5,7,13-18,21-22H2,(H,38,42)(H,44,45);2-4H,9H2,1H3. The Morgan fingerprint density at radius 1 is 0.505 bits per heavy atom. The molecule has 10 aromatic rings. The zero-order valence-electron chi connectivity index (χ0n) is 62.2. The minimum atomic E-state index is -0.941. The predicted molar refractivity (Wildman–Crippen MR) is 432 cm³/mol. The number of carbonyl (C=O) groups excluding carboxylic acids is 5. The van der Waals surface area contributed by atoms with Crippen molar-refractivity contribution < 1.29 is 52.1 Å². The molecule has 4 aromatic heterocycles. The SMILES string of the molecule is Cc1cccc(F)c1CC(=O)c1cc2c(s1)-c1ccccc1N(C(=O)c1ccc(NC(=O)c3cc4c(nc3N3CC5(CCOCC5)C3)CCCC4)cc1)CC2.Cc1cccc(F)c1N.O=C(O)c1cc2c(s1)-c1ccccc1N(C(=O)c1ccc(NC(=O)c3cc4c(nc3N3CC5(CCOCC5)C3)CCCC4)cc1)CC2. The Kier molecular flexibility index (Phi) is 21.1. The molecule has 10 heterocycles. The van der Waals surface area contributed by atoms with E-state index in [1.165, 1.54) is 40.4 Å². The van der Waals surface area contributed by atoms with Crippen LogP contribution in [-0.2, 0) is 54.4 Å². The van der Waals surface area contributed by atoms with E-state index in [2.05, 4.69) is 26.5 Å². The fourth-order valence-electron chi connectivity index (χ4n) is 16.9. The first kappa shape index (κ1) is 74.3. The van der Waals surface area contributed by atoms with E-state index in [0.717, 1.165) is 213 Å². The van der Waals surface area contributed by atoms with Crippen LogP contribution in [0.15, 0.2) is 158 Å². The largest absolute Gasteiger partial charge is 0.477 e. The van der Waals surface area contributed by atoms with Gasteiger partial charge in [-0.25, -0.2) is 23.5 Å². The summed E-state index contributed by atoms with van der Waals surface area (Å²) in [4.78, 5) is 102. The predicted octanol–water partition coefficient (Wildman–Crippen LogP) is 16.8. The lowest BCUT2D eigenvalue weighted by atomic mass is 9.73. The number of Topliss-reactive ketones (excluding diaryl/α,β-unsaturated/α-hetero) is 1. The van der Waals surface area contributed by atoms with Crippen LogP contribution < -0.4 is 36.0 Å². The van der Waals surface area contributed by atoms with E-state index in [0.29, 0.717) is 74.9 Å². The maximum atomic E-state index is 14.6. The summed E-state index contributed by atoms with van der Waals surface area (Å²) in [5.41, 5.74) is 21.2. The smallest absolute Gasteiger partial charge is 0.345 e. The normalized spacial score (nSPS) is 16.8. The fourth-order valence-corrected chi connectivity index (χ4v) is 19.1. The van der Waals surface area contributed by atoms with Crippen molar-refractivity contribution in [2.24, 2.45) is 10.8 Å². The number of hydrogen-bond donors (Lipinski definition) is 4. The van der Waals surface area contributed by atoms with E-state index in [1.54, 1.807) is 89.5 Å². The van der Waals surface area contributed by atoms with Gasteiger partial charge in [0.25, 0.3) is 23.6 Å². The van der Waals surface area contributed by atoms with Crippen molar-refractivity contribution in [1.82, 2.24) is 9.97 Å². The van der Waals surface area contributed by atoms with Crippen LogP contribution in [0, 0.1) is 36.3 Å². The molecule has 4 saturated heterocycles. The second-order valence-corrected chi connectivity index (χ2v) is 32.7. The van der Waals surface area contributed by atoms with E-state index in [4.69, 9.17) is 25.2 Å². The molecule has 0 bridgehead atoms. The molecule has 0 radical (unpaired) electrons. The Hall–Kier alpha value is -10.8. The number of ketones is 1. The van der Waals surface area contributed by atoms with Crippen LogP contribution in [0.2, 0.25) is 0 Å². The third-order valence-corrected chi connectivity index (χ3v) is 25.7. The number of carboxylic acid groups (broad SMARTS) is 1. The number of hydrogen-bond acceptors (Lipinski definition) is 15. The molecule has 2 aliphatic carbocycles. The van der Waals surface area contributed by atoms with Gasteiger partial charge in [0.1, 0.15) is 28.1 Å². The number of aryl methyl sites for hydroxylation is 6. The first-order valence-electron chi connectivity index (χ1n) is 38.5. The number of amides is 4. The van der Waals surface area contributed by atoms with Gasteiger partial charge in [0.05, 0.1) is 33.1 Å². The molecule has 0 unspecified atom stereocenters. The molecule has 0 atom stereocenters. The average molecular weight is 1530 g/mol. The molecule has 2 spiro atoms. The van der Waals surface area contributed by atoms with Crippen LogP contribution in [0.5, 0.6) is 0 Å². The van der Waals surface area contributed by atoms with Gasteiger partial charge in [0.15, 0.2) is 5.78 Å². The summed E-state index contributed by atoms with van der Waals surface area (Å²) in [5, 5.41) is 15.7. The van der Waals surface area contributed by atoms with Gasteiger partial charge in [0.2, 0.25) is 0 Å². The molecule has 6 aromatic carbocycles. The van der Waals surface area contributed by atoms with Crippen LogP contribution in [0.25, 0.3) is 20.9 Å². The summed E-state index contributed by atoms with van der Waals surface area (Å²) in [5.74, 6) is -0.905. The number of ether oxygens (including phenoxy) is 2. The van der Waals surface area contributed by atoms with Gasteiger partial charge in [-0.3, -0.25) is 24.0 Å². The van der Waals surface area contributed by atoms with Crippen LogP contribution >= 0.6 is 22.7 Å². The average Bonchev–Trinajstić information content (AvgIpc) is 1.41. The van der Waals surface area contributed by atoms with Crippen molar-refractivity contribution in [3.63, 3.8) is 0 Å². The van der Waals surface area contributed by atoms with E-state index in [9.17, 15) is 42.7 Å². The van der Waals surface area contributed by atoms with Gasteiger partial charge >= 0.3 is 5.97 Å². The number of rotatable bonds is 12. The van der Waals surface area contributed by atoms with Gasteiger partial charge in [-0.2, -0.15) is 0 Å². The van der Waals surface area contributed by atoms with Crippen molar-refractivity contribution in [2.75, 3.05) is 102 Å². The number of aromatic carboxylic acids is 1. The second-order valence-electron chi connectivity index (χ2n) is 30.6. The highest BCUT2D eigenvalue weighted by Gasteiger charge is 2.47. The minimum Gasteiger partial charge on any atom is -0.477 e. The maximum Gasteiger partial charge on any atom is 0.345 e. The van der Waals surface area contributed by atoms with Crippen molar-refractivity contribution >= 4 is 98.1 Å². The minimum absolute atomic E-state index is 0.00123. The molecule has 0 saturated carbocycles. The van der Waals surface area contributed by atoms with E-state index >= 15 is 0 Å². The monoisotopic (exact) mass is 1530 g/mol. The highest BCUT2D eigenvalue weighted by molar-refractivity contribution is 7.18. The Labute approximate surface area is 651 Å². The molecule has 111 heavy (non-hydrogen) atoms.